The highest BCUT2D eigenvalue weighted by Crippen LogP contribution is 2.45. The number of hydrogen-bond donors (Lipinski definition) is 0. The van der Waals surface area contributed by atoms with Crippen molar-refractivity contribution in [1.82, 2.24) is 0 Å². The first-order valence-electron chi connectivity index (χ1n) is 6.34. The third-order valence-electron chi connectivity index (χ3n) is 4.94. The van der Waals surface area contributed by atoms with Crippen LogP contribution in [0.2, 0.25) is 0 Å². The lowest BCUT2D eigenvalue weighted by Gasteiger charge is -2.43. The van der Waals surface area contributed by atoms with E-state index >= 15 is 0 Å². The van der Waals surface area contributed by atoms with Crippen molar-refractivity contribution in [3.63, 3.8) is 0 Å². The van der Waals surface area contributed by atoms with Gasteiger partial charge in [-0.1, -0.05) is 41.5 Å². The van der Waals surface area contributed by atoms with Crippen molar-refractivity contribution >= 4 is 0 Å². The highest BCUT2D eigenvalue weighted by Gasteiger charge is 2.35. The van der Waals surface area contributed by atoms with Gasteiger partial charge in [0.15, 0.2) is 0 Å². The van der Waals surface area contributed by atoms with E-state index < -0.39 is 0 Å². The number of hydrogen-bond acceptors (Lipinski definition) is 0. The van der Waals surface area contributed by atoms with Gasteiger partial charge in [0.1, 0.15) is 0 Å². The molecule has 3 atom stereocenters. The molecule has 0 N–H and O–H groups in total. The molecule has 0 aromatic heterocycles. The molecule has 1 saturated carbocycles. The van der Waals surface area contributed by atoms with E-state index in [1.807, 2.05) is 0 Å². The van der Waals surface area contributed by atoms with Crippen LogP contribution in [0.4, 0.5) is 0 Å². The van der Waals surface area contributed by atoms with Crippen molar-refractivity contribution in [2.24, 2.45) is 29.1 Å². The van der Waals surface area contributed by atoms with E-state index in [-0.39, 0.29) is 0 Å². The monoisotopic (exact) mass is 196 g/mol. The van der Waals surface area contributed by atoms with Crippen LogP contribution in [-0.2, 0) is 0 Å². The van der Waals surface area contributed by atoms with Gasteiger partial charge in [-0.05, 0) is 48.3 Å². The fourth-order valence-corrected chi connectivity index (χ4v) is 2.72. The Bertz CT molecular complexity index is 178. The molecular formula is C14H28. The van der Waals surface area contributed by atoms with Crippen molar-refractivity contribution in [2.75, 3.05) is 0 Å². The predicted octanol–water partition coefficient (Wildman–Crippen LogP) is 4.74. The van der Waals surface area contributed by atoms with Gasteiger partial charge in [0.25, 0.3) is 0 Å². The minimum Gasteiger partial charge on any atom is -0.0625 e. The van der Waals surface area contributed by atoms with Crippen LogP contribution in [0.1, 0.15) is 60.8 Å². The van der Waals surface area contributed by atoms with Gasteiger partial charge >= 0.3 is 0 Å². The van der Waals surface area contributed by atoms with Crippen LogP contribution in [0, 0.1) is 29.1 Å². The van der Waals surface area contributed by atoms with E-state index in [4.69, 9.17) is 0 Å². The lowest BCUT2D eigenvalue weighted by Crippen LogP contribution is -2.33. The van der Waals surface area contributed by atoms with E-state index in [9.17, 15) is 0 Å². The molecule has 0 heterocycles. The first-order chi connectivity index (χ1) is 6.34. The third kappa shape index (κ3) is 2.52. The molecule has 0 aromatic carbocycles. The van der Waals surface area contributed by atoms with Gasteiger partial charge < -0.3 is 0 Å². The molecule has 1 rings (SSSR count). The van der Waals surface area contributed by atoms with Crippen LogP contribution in [-0.4, -0.2) is 0 Å². The summed E-state index contributed by atoms with van der Waals surface area (Å²) in [6.07, 6.45) is 4.33. The van der Waals surface area contributed by atoms with Gasteiger partial charge in [-0.2, -0.15) is 0 Å². The molecule has 0 amide bonds. The standard InChI is InChI=1S/C14H28/c1-10(2)12(4)13-7-8-14(5,6)11(3)9-13/h10-13H,7-9H2,1-6H3. The van der Waals surface area contributed by atoms with Crippen molar-refractivity contribution in [3.05, 3.63) is 0 Å². The quantitative estimate of drug-likeness (QED) is 0.598. The van der Waals surface area contributed by atoms with Gasteiger partial charge in [-0.3, -0.25) is 0 Å². The predicted molar refractivity (Wildman–Crippen MR) is 64.3 cm³/mol. The van der Waals surface area contributed by atoms with Crippen molar-refractivity contribution in [2.45, 2.75) is 60.8 Å². The first kappa shape index (κ1) is 12.1. The van der Waals surface area contributed by atoms with E-state index in [0.717, 1.165) is 23.7 Å². The highest BCUT2D eigenvalue weighted by atomic mass is 14.4. The molecule has 84 valence electrons. The summed E-state index contributed by atoms with van der Waals surface area (Å²) in [5.41, 5.74) is 0.590. The number of rotatable bonds is 2. The van der Waals surface area contributed by atoms with E-state index in [1.165, 1.54) is 19.3 Å². The molecule has 0 bridgehead atoms. The largest absolute Gasteiger partial charge is 0.0625 e. The second-order valence-corrected chi connectivity index (χ2v) is 6.53. The molecule has 0 spiro atoms. The van der Waals surface area contributed by atoms with Crippen LogP contribution in [0.15, 0.2) is 0 Å². The average molecular weight is 196 g/mol. The van der Waals surface area contributed by atoms with Crippen molar-refractivity contribution < 1.29 is 0 Å². The maximum Gasteiger partial charge on any atom is -0.0328 e. The average Bonchev–Trinajstić information content (AvgIpc) is 2.08. The van der Waals surface area contributed by atoms with Crippen molar-refractivity contribution in [3.8, 4) is 0 Å². The summed E-state index contributed by atoms with van der Waals surface area (Å²) in [6.45, 7) is 14.5. The minimum atomic E-state index is 0.590. The maximum absolute atomic E-state index is 2.44. The molecule has 1 aliphatic carbocycles. The zero-order valence-electron chi connectivity index (χ0n) is 10.9. The summed E-state index contributed by atoms with van der Waals surface area (Å²) in [5, 5.41) is 0. The van der Waals surface area contributed by atoms with E-state index in [1.54, 1.807) is 0 Å². The SMILES string of the molecule is CC(C)C(C)C1CCC(C)(C)C(C)C1. The van der Waals surface area contributed by atoms with Gasteiger partial charge in [0.05, 0.1) is 0 Å². The molecule has 1 fully saturated rings. The molecule has 3 unspecified atom stereocenters. The zero-order valence-corrected chi connectivity index (χ0v) is 10.9. The van der Waals surface area contributed by atoms with Gasteiger partial charge in [-0.15, -0.1) is 0 Å². The molecule has 0 heteroatoms. The van der Waals surface area contributed by atoms with Crippen LogP contribution in [0.25, 0.3) is 0 Å². The molecule has 0 radical (unpaired) electrons. The molecule has 0 nitrogen and oxygen atoms in total. The molecule has 1 aliphatic rings. The minimum absolute atomic E-state index is 0.590. The Morgan fingerprint density at radius 2 is 1.71 bits per heavy atom. The Balaban J connectivity index is 2.55. The highest BCUT2D eigenvalue weighted by molar-refractivity contribution is 4.86. The zero-order chi connectivity index (χ0) is 10.9. The Morgan fingerprint density at radius 3 is 2.14 bits per heavy atom. The summed E-state index contributed by atoms with van der Waals surface area (Å²) in [5.74, 6) is 3.66. The Labute approximate surface area is 90.5 Å². The normalized spacial score (nSPS) is 34.5. The summed E-state index contributed by atoms with van der Waals surface area (Å²) in [4.78, 5) is 0. The summed E-state index contributed by atoms with van der Waals surface area (Å²) >= 11 is 0. The second-order valence-electron chi connectivity index (χ2n) is 6.53. The Hall–Kier alpha value is 0. The molecule has 0 aliphatic heterocycles. The Morgan fingerprint density at radius 1 is 1.14 bits per heavy atom. The molecule has 0 aromatic rings. The maximum atomic E-state index is 2.44. The van der Waals surface area contributed by atoms with Gasteiger partial charge in [0.2, 0.25) is 0 Å². The lowest BCUT2D eigenvalue weighted by molar-refractivity contribution is 0.0749. The summed E-state index contributed by atoms with van der Waals surface area (Å²) in [7, 11) is 0. The lowest BCUT2D eigenvalue weighted by atomic mass is 9.63. The van der Waals surface area contributed by atoms with Crippen LogP contribution in [0.3, 0.4) is 0 Å². The molecule has 14 heavy (non-hydrogen) atoms. The topological polar surface area (TPSA) is 0 Å². The smallest absolute Gasteiger partial charge is 0.0328 e. The summed E-state index contributed by atoms with van der Waals surface area (Å²) < 4.78 is 0. The first-order valence-corrected chi connectivity index (χ1v) is 6.34. The van der Waals surface area contributed by atoms with Crippen molar-refractivity contribution in [1.29, 1.82) is 0 Å². The van der Waals surface area contributed by atoms with Crippen LogP contribution >= 0.6 is 0 Å². The van der Waals surface area contributed by atoms with Gasteiger partial charge in [-0.25, -0.2) is 0 Å². The van der Waals surface area contributed by atoms with Crippen LogP contribution in [0.5, 0.6) is 0 Å². The molecule has 0 saturated heterocycles. The van der Waals surface area contributed by atoms with Gasteiger partial charge in [0, 0.05) is 0 Å². The van der Waals surface area contributed by atoms with Crippen LogP contribution < -0.4 is 0 Å². The third-order valence-corrected chi connectivity index (χ3v) is 4.94. The van der Waals surface area contributed by atoms with E-state index in [0.29, 0.717) is 5.41 Å². The fraction of sp³-hybridized carbons (Fsp3) is 1.00. The molecular weight excluding hydrogens is 168 g/mol. The second kappa shape index (κ2) is 4.24. The fourth-order valence-electron chi connectivity index (χ4n) is 2.72. The van der Waals surface area contributed by atoms with E-state index in [2.05, 4.69) is 41.5 Å². The summed E-state index contributed by atoms with van der Waals surface area (Å²) in [6, 6.07) is 0. The Kier molecular flexibility index (Phi) is 3.66.